The van der Waals surface area contributed by atoms with Crippen LogP contribution < -0.4 is 5.73 Å². The second kappa shape index (κ2) is 6.29. The average Bonchev–Trinajstić information content (AvgIpc) is 2.86. The number of rotatable bonds is 5. The van der Waals surface area contributed by atoms with Crippen LogP contribution in [-0.2, 0) is 22.6 Å². The second-order valence-corrected chi connectivity index (χ2v) is 5.20. The van der Waals surface area contributed by atoms with Crippen molar-refractivity contribution in [3.63, 3.8) is 0 Å². The molecule has 1 aliphatic rings. The predicted octanol–water partition coefficient (Wildman–Crippen LogP) is -1.26. The van der Waals surface area contributed by atoms with Crippen molar-refractivity contribution in [2.24, 2.45) is 5.73 Å². The molecular formula is C12H21N5O3. The molecule has 1 aromatic heterocycles. The Bertz CT molecular complexity index is 456. The molecule has 0 aliphatic carbocycles. The largest absolute Gasteiger partial charge is 0.388 e. The van der Waals surface area contributed by atoms with Gasteiger partial charge in [-0.15, -0.1) is 5.10 Å². The van der Waals surface area contributed by atoms with Crippen molar-refractivity contribution >= 4 is 5.91 Å². The van der Waals surface area contributed by atoms with E-state index in [0.29, 0.717) is 44.8 Å². The molecule has 2 heterocycles. The van der Waals surface area contributed by atoms with E-state index in [2.05, 4.69) is 10.3 Å². The number of carbonyl (C=O) groups excluding carboxylic acids is 1. The SMILES string of the molecule is CN(CC1(O)CCOCC1)C(=O)Cn1cc(CN)nn1. The highest BCUT2D eigenvalue weighted by Crippen LogP contribution is 2.21. The van der Waals surface area contributed by atoms with Crippen molar-refractivity contribution in [2.75, 3.05) is 26.8 Å². The number of likely N-dealkylation sites (N-methyl/N-ethyl adjacent to an activating group) is 1. The van der Waals surface area contributed by atoms with Crippen molar-refractivity contribution in [3.05, 3.63) is 11.9 Å². The first-order valence-corrected chi connectivity index (χ1v) is 6.65. The zero-order chi connectivity index (χ0) is 14.6. The maximum absolute atomic E-state index is 12.1. The molecule has 0 spiro atoms. The van der Waals surface area contributed by atoms with E-state index < -0.39 is 5.60 Å². The van der Waals surface area contributed by atoms with Crippen LogP contribution in [0.3, 0.4) is 0 Å². The summed E-state index contributed by atoms with van der Waals surface area (Å²) in [5.74, 6) is -0.126. The lowest BCUT2D eigenvalue weighted by atomic mass is 9.94. The highest BCUT2D eigenvalue weighted by Gasteiger charge is 2.32. The van der Waals surface area contributed by atoms with Crippen LogP contribution in [0.25, 0.3) is 0 Å². The zero-order valence-electron chi connectivity index (χ0n) is 11.7. The number of aliphatic hydroxyl groups is 1. The Morgan fingerprint density at radius 3 is 2.90 bits per heavy atom. The maximum Gasteiger partial charge on any atom is 0.244 e. The summed E-state index contributed by atoms with van der Waals surface area (Å²) >= 11 is 0. The fourth-order valence-corrected chi connectivity index (χ4v) is 2.21. The highest BCUT2D eigenvalue weighted by molar-refractivity contribution is 5.75. The van der Waals surface area contributed by atoms with Crippen LogP contribution >= 0.6 is 0 Å². The monoisotopic (exact) mass is 283 g/mol. The minimum Gasteiger partial charge on any atom is -0.388 e. The van der Waals surface area contributed by atoms with Crippen molar-refractivity contribution in [1.29, 1.82) is 0 Å². The van der Waals surface area contributed by atoms with E-state index in [-0.39, 0.29) is 12.5 Å². The summed E-state index contributed by atoms with van der Waals surface area (Å²) in [5, 5.41) is 18.0. The Labute approximate surface area is 117 Å². The van der Waals surface area contributed by atoms with Gasteiger partial charge in [-0.25, -0.2) is 4.68 Å². The number of aromatic nitrogens is 3. The number of ether oxygens (including phenoxy) is 1. The van der Waals surface area contributed by atoms with Crippen LogP contribution in [0.2, 0.25) is 0 Å². The van der Waals surface area contributed by atoms with Gasteiger partial charge in [0.1, 0.15) is 6.54 Å². The summed E-state index contributed by atoms with van der Waals surface area (Å²) in [6.45, 7) is 1.75. The van der Waals surface area contributed by atoms with Gasteiger partial charge >= 0.3 is 0 Å². The van der Waals surface area contributed by atoms with Crippen LogP contribution in [0.1, 0.15) is 18.5 Å². The van der Waals surface area contributed by atoms with Gasteiger partial charge in [0.25, 0.3) is 0 Å². The quantitative estimate of drug-likeness (QED) is 0.698. The Kier molecular flexibility index (Phi) is 4.69. The van der Waals surface area contributed by atoms with Gasteiger partial charge in [0.05, 0.1) is 17.5 Å². The summed E-state index contributed by atoms with van der Waals surface area (Å²) in [6.07, 6.45) is 2.74. The normalized spacial score (nSPS) is 17.9. The van der Waals surface area contributed by atoms with Crippen LogP contribution in [0.15, 0.2) is 6.20 Å². The molecule has 1 fully saturated rings. The molecule has 112 valence electrons. The van der Waals surface area contributed by atoms with Crippen molar-refractivity contribution in [3.8, 4) is 0 Å². The average molecular weight is 283 g/mol. The van der Waals surface area contributed by atoms with E-state index in [0.717, 1.165) is 0 Å². The Morgan fingerprint density at radius 1 is 1.60 bits per heavy atom. The molecule has 3 N–H and O–H groups in total. The molecule has 0 bridgehead atoms. The molecule has 1 amide bonds. The van der Waals surface area contributed by atoms with E-state index in [1.54, 1.807) is 13.2 Å². The number of nitrogens with two attached hydrogens (primary N) is 1. The van der Waals surface area contributed by atoms with Crippen LogP contribution in [-0.4, -0.2) is 63.3 Å². The molecule has 0 unspecified atom stereocenters. The van der Waals surface area contributed by atoms with Gasteiger partial charge in [-0.2, -0.15) is 0 Å². The van der Waals surface area contributed by atoms with E-state index in [4.69, 9.17) is 10.5 Å². The van der Waals surface area contributed by atoms with Crippen LogP contribution in [0.4, 0.5) is 0 Å². The molecule has 0 saturated carbocycles. The third-order valence-electron chi connectivity index (χ3n) is 3.47. The molecule has 8 nitrogen and oxygen atoms in total. The third-order valence-corrected chi connectivity index (χ3v) is 3.47. The molecule has 8 heteroatoms. The van der Waals surface area contributed by atoms with Crippen molar-refractivity contribution in [2.45, 2.75) is 31.5 Å². The zero-order valence-corrected chi connectivity index (χ0v) is 11.7. The predicted molar refractivity (Wildman–Crippen MR) is 70.6 cm³/mol. The molecule has 1 aliphatic heterocycles. The van der Waals surface area contributed by atoms with E-state index in [1.165, 1.54) is 9.58 Å². The summed E-state index contributed by atoms with van der Waals surface area (Å²) < 4.78 is 6.67. The number of hydrogen-bond acceptors (Lipinski definition) is 6. The minimum atomic E-state index is -0.854. The standard InChI is InChI=1S/C12H21N5O3/c1-16(9-12(19)2-4-20-5-3-12)11(18)8-17-7-10(6-13)14-15-17/h7,19H,2-6,8-9,13H2,1H3. The first kappa shape index (κ1) is 14.9. The Hall–Kier alpha value is -1.51. The van der Waals surface area contributed by atoms with Gasteiger partial charge in [0, 0.05) is 46.2 Å². The van der Waals surface area contributed by atoms with Gasteiger partial charge in [0.2, 0.25) is 5.91 Å². The molecule has 1 aromatic rings. The topological polar surface area (TPSA) is 106 Å². The molecule has 0 aromatic carbocycles. The lowest BCUT2D eigenvalue weighted by Gasteiger charge is -2.35. The van der Waals surface area contributed by atoms with E-state index >= 15 is 0 Å². The summed E-state index contributed by atoms with van der Waals surface area (Å²) in [4.78, 5) is 13.6. The molecule has 20 heavy (non-hydrogen) atoms. The summed E-state index contributed by atoms with van der Waals surface area (Å²) in [5.41, 5.74) is 5.23. The Balaban J connectivity index is 1.88. The van der Waals surface area contributed by atoms with E-state index in [9.17, 15) is 9.90 Å². The van der Waals surface area contributed by atoms with Gasteiger partial charge in [0.15, 0.2) is 0 Å². The lowest BCUT2D eigenvalue weighted by Crippen LogP contribution is -2.48. The number of nitrogens with zero attached hydrogens (tertiary/aromatic N) is 4. The number of hydrogen-bond donors (Lipinski definition) is 2. The highest BCUT2D eigenvalue weighted by atomic mass is 16.5. The first-order valence-electron chi connectivity index (χ1n) is 6.65. The van der Waals surface area contributed by atoms with Gasteiger partial charge < -0.3 is 20.5 Å². The maximum atomic E-state index is 12.1. The fourth-order valence-electron chi connectivity index (χ4n) is 2.21. The lowest BCUT2D eigenvalue weighted by molar-refractivity contribution is -0.137. The Morgan fingerprint density at radius 2 is 2.30 bits per heavy atom. The van der Waals surface area contributed by atoms with Gasteiger partial charge in [-0.05, 0) is 0 Å². The molecule has 0 atom stereocenters. The summed E-state index contributed by atoms with van der Waals surface area (Å²) in [6, 6.07) is 0. The van der Waals surface area contributed by atoms with Crippen molar-refractivity contribution < 1.29 is 14.6 Å². The minimum absolute atomic E-state index is 0.0933. The second-order valence-electron chi connectivity index (χ2n) is 5.20. The summed E-state index contributed by atoms with van der Waals surface area (Å²) in [7, 11) is 1.68. The number of carbonyl (C=O) groups is 1. The molecule has 0 radical (unpaired) electrons. The first-order chi connectivity index (χ1) is 9.52. The van der Waals surface area contributed by atoms with Crippen molar-refractivity contribution in [1.82, 2.24) is 19.9 Å². The smallest absolute Gasteiger partial charge is 0.244 e. The third kappa shape index (κ3) is 3.75. The number of amides is 1. The van der Waals surface area contributed by atoms with Crippen LogP contribution in [0, 0.1) is 0 Å². The van der Waals surface area contributed by atoms with E-state index in [1.807, 2.05) is 0 Å². The molecular weight excluding hydrogens is 262 g/mol. The van der Waals surface area contributed by atoms with Gasteiger partial charge in [-0.3, -0.25) is 4.79 Å². The van der Waals surface area contributed by atoms with Gasteiger partial charge in [-0.1, -0.05) is 5.21 Å². The fraction of sp³-hybridized carbons (Fsp3) is 0.750. The molecule has 2 rings (SSSR count). The molecule has 1 saturated heterocycles. The van der Waals surface area contributed by atoms with Crippen LogP contribution in [0.5, 0.6) is 0 Å².